The normalized spacial score (nSPS) is 10.7. The number of nitrogens with one attached hydrogen (secondary N) is 2. The third-order valence-electron chi connectivity index (χ3n) is 6.04. The third-order valence-corrected chi connectivity index (χ3v) is 6.41. The van der Waals surface area contributed by atoms with E-state index in [2.05, 4.69) is 10.6 Å². The summed E-state index contributed by atoms with van der Waals surface area (Å²) in [4.78, 5) is 26.3. The Hall–Kier alpha value is -4.29. The van der Waals surface area contributed by atoms with Gasteiger partial charge in [-0.15, -0.1) is 0 Å². The largest absolute Gasteiger partial charge is 0.493 e. The van der Waals surface area contributed by atoms with Crippen LogP contribution in [-0.2, 0) is 6.61 Å². The molecular weight excluding hydrogens is 500 g/mol. The van der Waals surface area contributed by atoms with Crippen molar-refractivity contribution in [3.8, 4) is 11.5 Å². The molecule has 4 rings (SSSR count). The summed E-state index contributed by atoms with van der Waals surface area (Å²) in [7, 11) is 1.55. The molecule has 2 N–H and O–H groups in total. The highest BCUT2D eigenvalue weighted by Crippen LogP contribution is 2.31. The van der Waals surface area contributed by atoms with E-state index in [9.17, 15) is 9.59 Å². The fraction of sp³-hybridized carbons (Fsp3) is 0.161. The van der Waals surface area contributed by atoms with Crippen molar-refractivity contribution in [1.82, 2.24) is 10.6 Å². The first-order valence-corrected chi connectivity index (χ1v) is 12.5. The number of ether oxygens (including phenoxy) is 2. The molecule has 0 spiro atoms. The van der Waals surface area contributed by atoms with Crippen LogP contribution in [0.4, 0.5) is 0 Å². The van der Waals surface area contributed by atoms with Gasteiger partial charge in [-0.05, 0) is 61.9 Å². The van der Waals surface area contributed by atoms with Gasteiger partial charge in [-0.2, -0.15) is 0 Å². The van der Waals surface area contributed by atoms with Crippen molar-refractivity contribution in [3.63, 3.8) is 0 Å². The van der Waals surface area contributed by atoms with E-state index in [0.29, 0.717) is 33.2 Å². The fourth-order valence-electron chi connectivity index (χ4n) is 3.80. The van der Waals surface area contributed by atoms with E-state index in [1.54, 1.807) is 55.6 Å². The Bertz CT molecular complexity index is 1360. The van der Waals surface area contributed by atoms with E-state index in [0.717, 1.165) is 16.7 Å². The standard InChI is InChI=1S/C31H29ClN2O4/c1-20-8-12-22(13-9-20)30(35)33-29(34-31(36)23-14-10-21(2)11-15-23)24-16-17-27(37-3)28(18-24)38-19-25-6-4-5-7-26(25)32/h4-18,29H,19H2,1-3H3,(H,33,35)(H,34,36). The van der Waals surface area contributed by atoms with Crippen LogP contribution in [-0.4, -0.2) is 18.9 Å². The number of methoxy groups -OCH3 is 1. The minimum absolute atomic E-state index is 0.218. The van der Waals surface area contributed by atoms with E-state index >= 15 is 0 Å². The van der Waals surface area contributed by atoms with Gasteiger partial charge in [-0.3, -0.25) is 9.59 Å². The molecule has 0 heterocycles. The highest BCUT2D eigenvalue weighted by atomic mass is 35.5. The number of hydrogen-bond donors (Lipinski definition) is 2. The molecule has 4 aromatic rings. The smallest absolute Gasteiger partial charge is 0.253 e. The Morgan fingerprint density at radius 1 is 0.763 bits per heavy atom. The number of benzene rings is 4. The van der Waals surface area contributed by atoms with Gasteiger partial charge in [0.2, 0.25) is 0 Å². The van der Waals surface area contributed by atoms with Crippen molar-refractivity contribution >= 4 is 23.4 Å². The maximum Gasteiger partial charge on any atom is 0.253 e. The molecule has 194 valence electrons. The van der Waals surface area contributed by atoms with Gasteiger partial charge in [0.05, 0.1) is 7.11 Å². The van der Waals surface area contributed by atoms with Crippen LogP contribution >= 0.6 is 11.6 Å². The molecule has 38 heavy (non-hydrogen) atoms. The van der Waals surface area contributed by atoms with E-state index < -0.39 is 6.17 Å². The molecule has 0 aromatic heterocycles. The third kappa shape index (κ3) is 6.72. The first-order valence-electron chi connectivity index (χ1n) is 12.1. The maximum atomic E-state index is 13.1. The van der Waals surface area contributed by atoms with Crippen LogP contribution in [0.25, 0.3) is 0 Å². The highest BCUT2D eigenvalue weighted by molar-refractivity contribution is 6.31. The van der Waals surface area contributed by atoms with Crippen molar-refractivity contribution in [2.24, 2.45) is 0 Å². The Labute approximate surface area is 227 Å². The lowest BCUT2D eigenvalue weighted by Gasteiger charge is -2.22. The Morgan fingerprint density at radius 3 is 1.84 bits per heavy atom. The molecule has 7 heteroatoms. The number of amides is 2. The number of carbonyl (C=O) groups is 2. The van der Waals surface area contributed by atoms with Crippen LogP contribution in [0.15, 0.2) is 91.0 Å². The molecule has 0 aliphatic heterocycles. The molecule has 0 fully saturated rings. The van der Waals surface area contributed by atoms with E-state index in [-0.39, 0.29) is 18.4 Å². The number of halogens is 1. The first-order chi connectivity index (χ1) is 18.3. The van der Waals surface area contributed by atoms with Gasteiger partial charge in [-0.1, -0.05) is 71.3 Å². The average Bonchev–Trinajstić information content (AvgIpc) is 2.92. The van der Waals surface area contributed by atoms with E-state index in [1.165, 1.54) is 0 Å². The van der Waals surface area contributed by atoms with Gasteiger partial charge < -0.3 is 20.1 Å². The lowest BCUT2D eigenvalue weighted by atomic mass is 10.1. The molecular formula is C31H29ClN2O4. The summed E-state index contributed by atoms with van der Waals surface area (Å²) >= 11 is 6.29. The van der Waals surface area contributed by atoms with Crippen LogP contribution < -0.4 is 20.1 Å². The SMILES string of the molecule is COc1ccc(C(NC(=O)c2ccc(C)cc2)NC(=O)c2ccc(C)cc2)cc1OCc1ccccc1Cl. The van der Waals surface area contributed by atoms with E-state index in [4.69, 9.17) is 21.1 Å². The topological polar surface area (TPSA) is 76.7 Å². The summed E-state index contributed by atoms with van der Waals surface area (Å²) < 4.78 is 11.5. The molecule has 0 aliphatic rings. The Morgan fingerprint density at radius 2 is 1.32 bits per heavy atom. The molecule has 0 atom stereocenters. The molecule has 2 amide bonds. The van der Waals surface area contributed by atoms with Crippen LogP contribution in [0.3, 0.4) is 0 Å². The Kier molecular flexibility index (Phi) is 8.66. The van der Waals surface area contributed by atoms with Crippen LogP contribution in [0.2, 0.25) is 5.02 Å². The van der Waals surface area contributed by atoms with Gasteiger partial charge in [0.25, 0.3) is 11.8 Å². The Balaban J connectivity index is 1.63. The molecule has 0 saturated heterocycles. The molecule has 4 aromatic carbocycles. The second-order valence-electron chi connectivity index (χ2n) is 8.90. The van der Waals surface area contributed by atoms with Gasteiger partial charge in [-0.25, -0.2) is 0 Å². The van der Waals surface area contributed by atoms with Crippen LogP contribution in [0.1, 0.15) is 49.1 Å². The van der Waals surface area contributed by atoms with Crippen molar-refractivity contribution < 1.29 is 19.1 Å². The number of rotatable bonds is 9. The van der Waals surface area contributed by atoms with Crippen molar-refractivity contribution in [2.45, 2.75) is 26.6 Å². The monoisotopic (exact) mass is 528 g/mol. The highest BCUT2D eigenvalue weighted by Gasteiger charge is 2.21. The lowest BCUT2D eigenvalue weighted by Crippen LogP contribution is -2.41. The number of hydrogen-bond acceptors (Lipinski definition) is 4. The van der Waals surface area contributed by atoms with Crippen molar-refractivity contribution in [2.75, 3.05) is 7.11 Å². The number of aryl methyl sites for hydroxylation is 2. The second kappa shape index (κ2) is 12.3. The van der Waals surface area contributed by atoms with Crippen molar-refractivity contribution in [3.05, 3.63) is 129 Å². The molecule has 0 unspecified atom stereocenters. The van der Waals surface area contributed by atoms with E-state index in [1.807, 2.05) is 56.3 Å². The summed E-state index contributed by atoms with van der Waals surface area (Å²) in [5.74, 6) is 0.306. The quantitative estimate of drug-likeness (QED) is 0.246. The van der Waals surface area contributed by atoms with Crippen LogP contribution in [0, 0.1) is 13.8 Å². The maximum absolute atomic E-state index is 13.1. The molecule has 6 nitrogen and oxygen atoms in total. The van der Waals surface area contributed by atoms with Gasteiger partial charge in [0, 0.05) is 21.7 Å². The fourth-order valence-corrected chi connectivity index (χ4v) is 3.99. The summed E-state index contributed by atoms with van der Waals surface area (Å²) in [5.41, 5.74) is 4.48. The number of carbonyl (C=O) groups excluding carboxylic acids is 2. The predicted molar refractivity (Wildman–Crippen MR) is 149 cm³/mol. The summed E-state index contributed by atoms with van der Waals surface area (Å²) in [6.45, 7) is 4.12. The van der Waals surface area contributed by atoms with Crippen molar-refractivity contribution in [1.29, 1.82) is 0 Å². The summed E-state index contributed by atoms with van der Waals surface area (Å²) in [5, 5.41) is 6.47. The summed E-state index contributed by atoms with van der Waals surface area (Å²) in [6.07, 6.45) is -0.842. The first kappa shape index (κ1) is 26.8. The van der Waals surface area contributed by atoms with Gasteiger partial charge in [0.15, 0.2) is 11.5 Å². The second-order valence-corrected chi connectivity index (χ2v) is 9.31. The minimum Gasteiger partial charge on any atom is -0.493 e. The molecule has 0 aliphatic carbocycles. The zero-order valence-electron chi connectivity index (χ0n) is 21.5. The zero-order valence-corrected chi connectivity index (χ0v) is 22.2. The predicted octanol–water partition coefficient (Wildman–Crippen LogP) is 6.40. The van der Waals surface area contributed by atoms with Gasteiger partial charge in [0.1, 0.15) is 12.8 Å². The van der Waals surface area contributed by atoms with Gasteiger partial charge >= 0.3 is 0 Å². The lowest BCUT2D eigenvalue weighted by molar-refractivity contribution is 0.0883. The summed E-state index contributed by atoms with van der Waals surface area (Å²) in [6, 6.07) is 27.1. The minimum atomic E-state index is -0.842. The molecule has 0 saturated carbocycles. The zero-order chi connectivity index (χ0) is 27.1. The molecule has 0 bridgehead atoms. The average molecular weight is 529 g/mol. The van der Waals surface area contributed by atoms with Crippen LogP contribution in [0.5, 0.6) is 11.5 Å². The molecule has 0 radical (unpaired) electrons.